The van der Waals surface area contributed by atoms with Crippen molar-refractivity contribution in [1.82, 2.24) is 5.32 Å². The van der Waals surface area contributed by atoms with Gasteiger partial charge >= 0.3 is 0 Å². The zero-order valence-corrected chi connectivity index (χ0v) is 12.7. The van der Waals surface area contributed by atoms with E-state index in [0.29, 0.717) is 6.61 Å². The van der Waals surface area contributed by atoms with Crippen molar-refractivity contribution in [3.05, 3.63) is 29.8 Å². The summed E-state index contributed by atoms with van der Waals surface area (Å²) in [5.74, 6) is 2.69. The van der Waals surface area contributed by atoms with Gasteiger partial charge in [0, 0.05) is 23.1 Å². The fraction of sp³-hybridized carbons (Fsp3) is 0.600. The number of hydrogen-bond acceptors (Lipinski definition) is 4. The standard InChI is InChI=1S/C15H25NO2S/c1-3-9-16-14(12-19-11-10-17)13-7-5-6-8-15(13)18-4-2/h5-8,14,16-17H,3-4,9-12H2,1-2H3. The number of rotatable bonds is 10. The topological polar surface area (TPSA) is 41.5 Å². The Balaban J connectivity index is 2.76. The van der Waals surface area contributed by atoms with Crippen LogP contribution in [-0.2, 0) is 0 Å². The molecule has 0 bridgehead atoms. The highest BCUT2D eigenvalue weighted by Gasteiger charge is 2.15. The smallest absolute Gasteiger partial charge is 0.124 e. The van der Waals surface area contributed by atoms with Crippen molar-refractivity contribution in [2.45, 2.75) is 26.3 Å². The first-order chi connectivity index (χ1) is 9.33. The van der Waals surface area contributed by atoms with E-state index < -0.39 is 0 Å². The average molecular weight is 283 g/mol. The van der Waals surface area contributed by atoms with E-state index in [-0.39, 0.29) is 12.6 Å². The van der Waals surface area contributed by atoms with Gasteiger partial charge in [0.2, 0.25) is 0 Å². The van der Waals surface area contributed by atoms with Crippen molar-refractivity contribution in [3.63, 3.8) is 0 Å². The molecule has 0 heterocycles. The molecule has 1 unspecified atom stereocenters. The van der Waals surface area contributed by atoms with E-state index in [9.17, 15) is 0 Å². The Hall–Kier alpha value is -0.710. The van der Waals surface area contributed by atoms with Gasteiger partial charge in [0.15, 0.2) is 0 Å². The zero-order valence-electron chi connectivity index (χ0n) is 11.9. The number of para-hydroxylation sites is 1. The molecule has 4 heteroatoms. The maximum absolute atomic E-state index is 8.90. The van der Waals surface area contributed by atoms with Gasteiger partial charge in [-0.2, -0.15) is 11.8 Å². The second kappa shape index (κ2) is 10.1. The number of hydrogen-bond donors (Lipinski definition) is 2. The van der Waals surface area contributed by atoms with E-state index in [1.165, 1.54) is 5.56 Å². The summed E-state index contributed by atoms with van der Waals surface area (Å²) in [6.07, 6.45) is 1.11. The number of aliphatic hydroxyl groups is 1. The summed E-state index contributed by atoms with van der Waals surface area (Å²) in [6.45, 7) is 6.08. The third-order valence-corrected chi connectivity index (χ3v) is 3.80. The fourth-order valence-electron chi connectivity index (χ4n) is 1.90. The normalized spacial score (nSPS) is 12.4. The second-order valence-electron chi connectivity index (χ2n) is 4.28. The highest BCUT2D eigenvalue weighted by molar-refractivity contribution is 7.99. The number of thioether (sulfide) groups is 1. The number of benzene rings is 1. The molecule has 0 aliphatic heterocycles. The third kappa shape index (κ3) is 5.85. The maximum Gasteiger partial charge on any atom is 0.124 e. The first-order valence-electron chi connectivity index (χ1n) is 6.97. The minimum atomic E-state index is 0.234. The molecule has 0 saturated carbocycles. The molecule has 1 aromatic carbocycles. The fourth-order valence-corrected chi connectivity index (χ4v) is 2.73. The minimum absolute atomic E-state index is 0.234. The molecule has 0 aromatic heterocycles. The van der Waals surface area contributed by atoms with Crippen LogP contribution in [0.4, 0.5) is 0 Å². The van der Waals surface area contributed by atoms with Gasteiger partial charge in [-0.1, -0.05) is 25.1 Å². The quantitative estimate of drug-likeness (QED) is 0.648. The predicted octanol–water partition coefficient (Wildman–Crippen LogP) is 2.85. The summed E-state index contributed by atoms with van der Waals surface area (Å²) < 4.78 is 5.71. The molecule has 0 spiro atoms. The Kier molecular flexibility index (Phi) is 8.71. The molecular weight excluding hydrogens is 258 g/mol. The van der Waals surface area contributed by atoms with Gasteiger partial charge in [-0.25, -0.2) is 0 Å². The maximum atomic E-state index is 8.90. The van der Waals surface area contributed by atoms with Crippen LogP contribution in [-0.4, -0.2) is 36.4 Å². The van der Waals surface area contributed by atoms with Crippen molar-refractivity contribution in [3.8, 4) is 5.75 Å². The van der Waals surface area contributed by atoms with Gasteiger partial charge in [0.05, 0.1) is 13.2 Å². The molecule has 108 valence electrons. The molecule has 0 amide bonds. The van der Waals surface area contributed by atoms with Crippen LogP contribution in [0.25, 0.3) is 0 Å². The second-order valence-corrected chi connectivity index (χ2v) is 5.43. The van der Waals surface area contributed by atoms with Crippen LogP contribution in [0.5, 0.6) is 5.75 Å². The molecule has 1 aromatic rings. The zero-order chi connectivity index (χ0) is 13.9. The Morgan fingerprint density at radius 2 is 2.11 bits per heavy atom. The van der Waals surface area contributed by atoms with Crippen molar-refractivity contribution in [2.24, 2.45) is 0 Å². The van der Waals surface area contributed by atoms with Crippen LogP contribution in [0.2, 0.25) is 0 Å². The van der Waals surface area contributed by atoms with E-state index in [1.807, 2.05) is 19.1 Å². The molecule has 1 rings (SSSR count). The number of ether oxygens (including phenoxy) is 1. The third-order valence-electron chi connectivity index (χ3n) is 2.76. The van der Waals surface area contributed by atoms with E-state index >= 15 is 0 Å². The van der Waals surface area contributed by atoms with Crippen LogP contribution in [0.1, 0.15) is 31.9 Å². The van der Waals surface area contributed by atoms with Gasteiger partial charge in [-0.05, 0) is 26.0 Å². The van der Waals surface area contributed by atoms with Gasteiger partial charge in [-0.3, -0.25) is 0 Å². The first-order valence-corrected chi connectivity index (χ1v) is 8.12. The molecule has 1 atom stereocenters. The number of nitrogens with one attached hydrogen (secondary N) is 1. The average Bonchev–Trinajstić information content (AvgIpc) is 2.44. The minimum Gasteiger partial charge on any atom is -0.494 e. The molecule has 0 aliphatic rings. The summed E-state index contributed by atoms with van der Waals surface area (Å²) in [5.41, 5.74) is 1.21. The molecule has 0 radical (unpaired) electrons. The van der Waals surface area contributed by atoms with Crippen LogP contribution in [0.3, 0.4) is 0 Å². The van der Waals surface area contributed by atoms with Crippen molar-refractivity contribution in [1.29, 1.82) is 0 Å². The lowest BCUT2D eigenvalue weighted by molar-refractivity contribution is 0.322. The summed E-state index contributed by atoms with van der Waals surface area (Å²) in [5, 5.41) is 12.5. The van der Waals surface area contributed by atoms with E-state index in [2.05, 4.69) is 24.4 Å². The number of aliphatic hydroxyl groups excluding tert-OH is 1. The summed E-state index contributed by atoms with van der Waals surface area (Å²) in [7, 11) is 0. The highest BCUT2D eigenvalue weighted by atomic mass is 32.2. The van der Waals surface area contributed by atoms with Crippen molar-refractivity contribution >= 4 is 11.8 Å². The summed E-state index contributed by atoms with van der Waals surface area (Å²) in [6, 6.07) is 8.48. The molecule has 3 nitrogen and oxygen atoms in total. The predicted molar refractivity (Wildman–Crippen MR) is 83.1 cm³/mol. The highest BCUT2D eigenvalue weighted by Crippen LogP contribution is 2.27. The SMILES string of the molecule is CCCNC(CSCCO)c1ccccc1OCC. The van der Waals surface area contributed by atoms with Gasteiger partial charge in [0.25, 0.3) is 0 Å². The monoisotopic (exact) mass is 283 g/mol. The molecule has 0 aliphatic carbocycles. The Bertz CT molecular complexity index is 347. The lowest BCUT2D eigenvalue weighted by Gasteiger charge is -2.21. The van der Waals surface area contributed by atoms with Gasteiger partial charge < -0.3 is 15.2 Å². The van der Waals surface area contributed by atoms with Gasteiger partial charge in [0.1, 0.15) is 5.75 Å². The summed E-state index contributed by atoms with van der Waals surface area (Å²) >= 11 is 1.77. The molecule has 0 saturated heterocycles. The van der Waals surface area contributed by atoms with E-state index in [1.54, 1.807) is 11.8 Å². The van der Waals surface area contributed by atoms with Crippen LogP contribution >= 0.6 is 11.8 Å². The van der Waals surface area contributed by atoms with Crippen molar-refractivity contribution in [2.75, 3.05) is 31.3 Å². The van der Waals surface area contributed by atoms with Crippen LogP contribution < -0.4 is 10.1 Å². The van der Waals surface area contributed by atoms with Crippen molar-refractivity contribution < 1.29 is 9.84 Å². The molecule has 19 heavy (non-hydrogen) atoms. The largest absolute Gasteiger partial charge is 0.494 e. The Labute approximate surface area is 120 Å². The van der Waals surface area contributed by atoms with E-state index in [4.69, 9.17) is 9.84 Å². The molecule has 2 N–H and O–H groups in total. The van der Waals surface area contributed by atoms with Crippen LogP contribution in [0, 0.1) is 0 Å². The van der Waals surface area contributed by atoms with Crippen LogP contribution in [0.15, 0.2) is 24.3 Å². The summed E-state index contributed by atoms with van der Waals surface area (Å²) in [4.78, 5) is 0. The molecular formula is C15H25NO2S. The Morgan fingerprint density at radius 3 is 2.79 bits per heavy atom. The lowest BCUT2D eigenvalue weighted by atomic mass is 10.1. The van der Waals surface area contributed by atoms with E-state index in [0.717, 1.165) is 30.2 Å². The Morgan fingerprint density at radius 1 is 1.32 bits per heavy atom. The molecule has 0 fully saturated rings. The van der Waals surface area contributed by atoms with Gasteiger partial charge in [-0.15, -0.1) is 0 Å². The lowest BCUT2D eigenvalue weighted by Crippen LogP contribution is -2.25. The first kappa shape index (κ1) is 16.3.